The van der Waals surface area contributed by atoms with Crippen molar-refractivity contribution in [1.82, 2.24) is 0 Å². The Morgan fingerprint density at radius 1 is 1.22 bits per heavy atom. The molecule has 0 spiro atoms. The molecule has 1 atom stereocenters. The number of rotatable bonds is 2. The Balaban J connectivity index is 2.45. The van der Waals surface area contributed by atoms with Crippen LogP contribution in [-0.4, -0.2) is 17.3 Å². The van der Waals surface area contributed by atoms with Crippen molar-refractivity contribution < 1.29 is 8.78 Å². The summed E-state index contributed by atoms with van der Waals surface area (Å²) in [6, 6.07) is 6.08. The first kappa shape index (κ1) is 13.7. The van der Waals surface area contributed by atoms with Crippen LogP contribution in [0.15, 0.2) is 42.2 Å². The van der Waals surface area contributed by atoms with E-state index in [-0.39, 0.29) is 33.0 Å². The van der Waals surface area contributed by atoms with Crippen LogP contribution in [-0.2, 0) is 0 Å². The number of alkyl halides is 1. The van der Waals surface area contributed by atoms with Crippen LogP contribution in [0, 0.1) is 16.0 Å². The van der Waals surface area contributed by atoms with Crippen molar-refractivity contribution in [3.05, 3.63) is 53.6 Å². The molecule has 0 heterocycles. The van der Waals surface area contributed by atoms with Crippen molar-refractivity contribution in [2.45, 2.75) is 8.74 Å². The van der Waals surface area contributed by atoms with E-state index in [4.69, 9.17) is 5.26 Å². The number of nitrogens with zero attached hydrogens (tertiary/aromatic N) is 1. The monoisotopic (exact) mass is 423 g/mol. The summed E-state index contributed by atoms with van der Waals surface area (Å²) in [5.41, 5.74) is 1.73. The van der Waals surface area contributed by atoms with E-state index in [9.17, 15) is 8.78 Å². The predicted octanol–water partition coefficient (Wildman–Crippen LogP) is 3.78. The van der Waals surface area contributed by atoms with Gasteiger partial charge in [0.25, 0.3) is 0 Å². The van der Waals surface area contributed by atoms with Gasteiger partial charge in [-0.1, -0.05) is 0 Å². The molecule has 0 aliphatic heterocycles. The first-order valence-electron chi connectivity index (χ1n) is 5.14. The molecule has 1 nitrogen and oxygen atoms in total. The molecule has 5 heteroatoms. The number of benzene rings is 1. The van der Waals surface area contributed by atoms with Gasteiger partial charge < -0.3 is 0 Å². The van der Waals surface area contributed by atoms with Crippen molar-refractivity contribution in [3.63, 3.8) is 0 Å². The molecule has 2 rings (SSSR count). The molecule has 0 amide bonds. The third-order valence-corrected chi connectivity index (χ3v) is 6.33. The van der Waals surface area contributed by atoms with Gasteiger partial charge >= 0.3 is 124 Å². The summed E-state index contributed by atoms with van der Waals surface area (Å²) in [6.45, 7) is 0. The molecule has 0 N–H and O–H groups in total. The molecule has 1 aromatic rings. The van der Waals surface area contributed by atoms with E-state index in [1.165, 1.54) is 18.2 Å². The zero-order valence-electron chi connectivity index (χ0n) is 9.16. The molecule has 0 saturated heterocycles. The fourth-order valence-corrected chi connectivity index (χ4v) is 4.51. The molecule has 0 radical (unpaired) electrons. The van der Waals surface area contributed by atoms with E-state index in [1.807, 2.05) is 0 Å². The molecule has 92 valence electrons. The van der Waals surface area contributed by atoms with Gasteiger partial charge in [0.15, 0.2) is 0 Å². The van der Waals surface area contributed by atoms with Crippen molar-refractivity contribution in [2.24, 2.45) is 0 Å². The Bertz CT molecular complexity index is 559. The van der Waals surface area contributed by atoms with E-state index < -0.39 is 2.32 Å². The Kier molecular flexibility index (Phi) is 4.21. The van der Waals surface area contributed by atoms with E-state index in [2.05, 4.69) is 27.6 Å². The summed E-state index contributed by atoms with van der Waals surface area (Å²) in [4.78, 5) is 2.16. The summed E-state index contributed by atoms with van der Waals surface area (Å²) in [7, 11) is 0. The second-order valence-electron chi connectivity index (χ2n) is 3.80. The molecular formula is C13H8F2INSe. The fraction of sp³-hybridized carbons (Fsp3) is 0.154. The van der Waals surface area contributed by atoms with E-state index in [0.717, 1.165) is 11.1 Å². The molecule has 0 saturated carbocycles. The normalized spacial score (nSPS) is 23.0. The van der Waals surface area contributed by atoms with Crippen LogP contribution in [0.1, 0.15) is 12.0 Å². The van der Waals surface area contributed by atoms with Crippen LogP contribution in [0.2, 0.25) is 0 Å². The van der Waals surface area contributed by atoms with E-state index in [0.29, 0.717) is 0 Å². The van der Waals surface area contributed by atoms with Gasteiger partial charge in [0.05, 0.1) is 0 Å². The van der Waals surface area contributed by atoms with Crippen LogP contribution in [0.3, 0.4) is 0 Å². The Morgan fingerprint density at radius 2 is 1.89 bits per heavy atom. The van der Waals surface area contributed by atoms with Crippen LogP contribution in [0.5, 0.6) is 0 Å². The average molecular weight is 422 g/mol. The maximum absolute atomic E-state index is 13.4. The van der Waals surface area contributed by atoms with Gasteiger partial charge in [0.1, 0.15) is 0 Å². The molecule has 1 unspecified atom stereocenters. The Hall–Kier alpha value is -0.701. The number of hydrogen-bond acceptors (Lipinski definition) is 1. The van der Waals surface area contributed by atoms with Gasteiger partial charge in [-0.2, -0.15) is 0 Å². The van der Waals surface area contributed by atoms with Gasteiger partial charge in [0, 0.05) is 0 Å². The quantitative estimate of drug-likeness (QED) is 0.405. The fourth-order valence-electron chi connectivity index (χ4n) is 1.77. The summed E-state index contributed by atoms with van der Waals surface area (Å²) >= 11 is 1.77. The first-order chi connectivity index (χ1) is 8.55. The average Bonchev–Trinajstić information content (AvgIpc) is 2.31. The molecule has 0 bridgehead atoms. The Labute approximate surface area is 124 Å². The number of nitriles is 1. The van der Waals surface area contributed by atoms with Crippen LogP contribution in [0.4, 0.5) is 8.78 Å². The van der Waals surface area contributed by atoms with Crippen LogP contribution in [0.25, 0.3) is 5.57 Å². The van der Waals surface area contributed by atoms with Crippen LogP contribution >= 0.6 is 22.6 Å². The SMILES string of the molecule is N#C[Se]C1(I)CC(F)=CC=C1c1ccc(F)cc1. The van der Waals surface area contributed by atoms with Crippen molar-refractivity contribution >= 4 is 43.1 Å². The number of hydrogen-bond donors (Lipinski definition) is 0. The zero-order chi connectivity index (χ0) is 13.2. The first-order valence-corrected chi connectivity index (χ1v) is 7.93. The molecule has 1 aromatic carbocycles. The molecule has 1 aliphatic carbocycles. The molecule has 0 aromatic heterocycles. The topological polar surface area (TPSA) is 23.8 Å². The zero-order valence-corrected chi connectivity index (χ0v) is 13.0. The van der Waals surface area contributed by atoms with Gasteiger partial charge in [-0.3, -0.25) is 0 Å². The Morgan fingerprint density at radius 3 is 2.50 bits per heavy atom. The number of allylic oxidation sites excluding steroid dienone is 4. The van der Waals surface area contributed by atoms with Crippen molar-refractivity contribution in [1.29, 1.82) is 5.26 Å². The standard InChI is InChI=1S/C13H8F2INSe/c14-10-3-1-9(2-4-10)12-6-5-11(15)7-13(12,16)18-8-17/h1-6H,7H2. The van der Waals surface area contributed by atoms with E-state index in [1.54, 1.807) is 18.2 Å². The third-order valence-electron chi connectivity index (χ3n) is 2.59. The van der Waals surface area contributed by atoms with Gasteiger partial charge in [0.2, 0.25) is 0 Å². The van der Waals surface area contributed by atoms with Crippen molar-refractivity contribution in [2.75, 3.05) is 0 Å². The molecule has 18 heavy (non-hydrogen) atoms. The van der Waals surface area contributed by atoms with Crippen LogP contribution < -0.4 is 0 Å². The maximum atomic E-state index is 13.4. The van der Waals surface area contributed by atoms with Gasteiger partial charge in [-0.15, -0.1) is 0 Å². The minimum atomic E-state index is -0.518. The molecule has 1 aliphatic rings. The third kappa shape index (κ3) is 2.82. The van der Waals surface area contributed by atoms with Crippen molar-refractivity contribution in [3.8, 4) is 4.97 Å². The predicted molar refractivity (Wildman–Crippen MR) is 76.3 cm³/mol. The molecular weight excluding hydrogens is 414 g/mol. The van der Waals surface area contributed by atoms with Gasteiger partial charge in [-0.25, -0.2) is 0 Å². The number of halogens is 3. The van der Waals surface area contributed by atoms with Gasteiger partial charge in [-0.05, 0) is 0 Å². The molecule has 0 fully saturated rings. The summed E-state index contributed by atoms with van der Waals surface area (Å²) in [5, 5.41) is 8.92. The second-order valence-corrected chi connectivity index (χ2v) is 9.56. The van der Waals surface area contributed by atoms with E-state index >= 15 is 0 Å². The summed E-state index contributed by atoms with van der Waals surface area (Å²) < 4.78 is 25.8. The summed E-state index contributed by atoms with van der Waals surface area (Å²) in [6.07, 6.45) is 3.34. The summed E-state index contributed by atoms with van der Waals surface area (Å²) in [5.74, 6) is -0.519. The minimum absolute atomic E-state index is 0.215. The second kappa shape index (κ2) is 5.52.